The van der Waals surface area contributed by atoms with Gasteiger partial charge in [0.05, 0.1) is 12.1 Å². The number of anilines is 1. The second-order valence-electron chi connectivity index (χ2n) is 3.27. The number of rotatable bonds is 4. The van der Waals surface area contributed by atoms with Gasteiger partial charge in [-0.15, -0.1) is 0 Å². The van der Waals surface area contributed by atoms with Crippen molar-refractivity contribution in [1.29, 1.82) is 0 Å². The van der Waals surface area contributed by atoms with Crippen LogP contribution in [0.3, 0.4) is 0 Å². The van der Waals surface area contributed by atoms with Crippen LogP contribution in [0.25, 0.3) is 0 Å². The lowest BCUT2D eigenvalue weighted by Gasteiger charge is -2.04. The SMILES string of the molecule is O=C(O)c1ccc(NCc2ncc[nH]2)cc1. The second kappa shape index (κ2) is 4.48. The monoisotopic (exact) mass is 217 g/mol. The molecular weight excluding hydrogens is 206 g/mol. The largest absolute Gasteiger partial charge is 0.478 e. The Morgan fingerprint density at radius 3 is 2.69 bits per heavy atom. The number of imidazole rings is 1. The van der Waals surface area contributed by atoms with Gasteiger partial charge in [-0.3, -0.25) is 0 Å². The topological polar surface area (TPSA) is 78.0 Å². The van der Waals surface area contributed by atoms with Crippen molar-refractivity contribution in [2.75, 3.05) is 5.32 Å². The highest BCUT2D eigenvalue weighted by Gasteiger charge is 2.01. The molecule has 0 amide bonds. The van der Waals surface area contributed by atoms with Crippen molar-refractivity contribution in [3.8, 4) is 0 Å². The van der Waals surface area contributed by atoms with Crippen LogP contribution in [0.5, 0.6) is 0 Å². The van der Waals surface area contributed by atoms with Crippen molar-refractivity contribution in [2.45, 2.75) is 6.54 Å². The molecule has 2 aromatic rings. The first-order valence-electron chi connectivity index (χ1n) is 4.81. The van der Waals surface area contributed by atoms with E-state index in [2.05, 4.69) is 15.3 Å². The molecule has 0 unspecified atom stereocenters. The Bertz CT molecular complexity index is 462. The molecule has 1 aromatic heterocycles. The van der Waals surface area contributed by atoms with E-state index in [0.717, 1.165) is 11.5 Å². The zero-order chi connectivity index (χ0) is 11.4. The van der Waals surface area contributed by atoms with Gasteiger partial charge in [-0.1, -0.05) is 0 Å². The first-order valence-corrected chi connectivity index (χ1v) is 4.81. The van der Waals surface area contributed by atoms with Crippen molar-refractivity contribution in [3.63, 3.8) is 0 Å². The summed E-state index contributed by atoms with van der Waals surface area (Å²) < 4.78 is 0. The van der Waals surface area contributed by atoms with E-state index in [1.54, 1.807) is 36.7 Å². The summed E-state index contributed by atoms with van der Waals surface area (Å²) in [5, 5.41) is 11.8. The van der Waals surface area contributed by atoms with Gasteiger partial charge < -0.3 is 15.4 Å². The molecule has 0 saturated heterocycles. The Hall–Kier alpha value is -2.30. The number of H-pyrrole nitrogens is 1. The molecule has 0 bridgehead atoms. The van der Waals surface area contributed by atoms with Gasteiger partial charge in [-0.05, 0) is 24.3 Å². The van der Waals surface area contributed by atoms with Gasteiger partial charge in [0.1, 0.15) is 5.82 Å². The van der Waals surface area contributed by atoms with E-state index in [4.69, 9.17) is 5.11 Å². The highest BCUT2D eigenvalue weighted by atomic mass is 16.4. The van der Waals surface area contributed by atoms with E-state index in [0.29, 0.717) is 6.54 Å². The summed E-state index contributed by atoms with van der Waals surface area (Å²) in [4.78, 5) is 17.7. The molecule has 0 radical (unpaired) electrons. The van der Waals surface area contributed by atoms with Crippen LogP contribution in [-0.4, -0.2) is 21.0 Å². The molecule has 16 heavy (non-hydrogen) atoms. The average molecular weight is 217 g/mol. The summed E-state index contributed by atoms with van der Waals surface area (Å²) in [6.07, 6.45) is 3.44. The first-order chi connectivity index (χ1) is 7.75. The van der Waals surface area contributed by atoms with Crippen LogP contribution in [0.4, 0.5) is 5.69 Å². The predicted molar refractivity (Wildman–Crippen MR) is 59.3 cm³/mol. The van der Waals surface area contributed by atoms with Gasteiger partial charge in [0.25, 0.3) is 0 Å². The summed E-state index contributed by atoms with van der Waals surface area (Å²) in [7, 11) is 0. The number of nitrogens with zero attached hydrogens (tertiary/aromatic N) is 1. The number of carbonyl (C=O) groups is 1. The fourth-order valence-electron chi connectivity index (χ4n) is 1.31. The number of hydrogen-bond donors (Lipinski definition) is 3. The smallest absolute Gasteiger partial charge is 0.335 e. The number of aromatic carboxylic acids is 1. The molecule has 0 fully saturated rings. The van der Waals surface area contributed by atoms with E-state index >= 15 is 0 Å². The molecule has 0 atom stereocenters. The molecule has 2 rings (SSSR count). The summed E-state index contributed by atoms with van der Waals surface area (Å²) in [5.41, 5.74) is 1.14. The lowest BCUT2D eigenvalue weighted by Crippen LogP contribution is -2.02. The molecule has 5 heteroatoms. The van der Waals surface area contributed by atoms with Gasteiger partial charge in [0.2, 0.25) is 0 Å². The lowest BCUT2D eigenvalue weighted by atomic mass is 10.2. The standard InChI is InChI=1S/C11H11N3O2/c15-11(16)8-1-3-9(4-2-8)14-7-10-12-5-6-13-10/h1-6,14H,7H2,(H,12,13)(H,15,16). The molecule has 5 nitrogen and oxygen atoms in total. The van der Waals surface area contributed by atoms with Crippen LogP contribution >= 0.6 is 0 Å². The predicted octanol–water partition coefficient (Wildman–Crippen LogP) is 1.72. The molecule has 0 saturated carbocycles. The average Bonchev–Trinajstić information content (AvgIpc) is 2.80. The lowest BCUT2D eigenvalue weighted by molar-refractivity contribution is 0.0697. The zero-order valence-corrected chi connectivity index (χ0v) is 8.47. The second-order valence-corrected chi connectivity index (χ2v) is 3.27. The third-order valence-electron chi connectivity index (χ3n) is 2.15. The normalized spacial score (nSPS) is 10.0. The van der Waals surface area contributed by atoms with Crippen molar-refractivity contribution < 1.29 is 9.90 Å². The van der Waals surface area contributed by atoms with Gasteiger partial charge in [0, 0.05) is 18.1 Å². The molecular formula is C11H11N3O2. The summed E-state index contributed by atoms with van der Waals surface area (Å²) in [5.74, 6) is -0.0834. The first kappa shape index (κ1) is 10.2. The molecule has 1 heterocycles. The van der Waals surface area contributed by atoms with Crippen LogP contribution in [0.2, 0.25) is 0 Å². The maximum Gasteiger partial charge on any atom is 0.335 e. The van der Waals surface area contributed by atoms with Crippen molar-refractivity contribution in [2.24, 2.45) is 0 Å². The summed E-state index contributed by atoms with van der Waals surface area (Å²) in [6.45, 7) is 0.583. The zero-order valence-electron chi connectivity index (χ0n) is 8.47. The Balaban J connectivity index is 1.98. The van der Waals surface area contributed by atoms with Crippen LogP contribution in [0.1, 0.15) is 16.2 Å². The van der Waals surface area contributed by atoms with Crippen LogP contribution < -0.4 is 5.32 Å². The van der Waals surface area contributed by atoms with Crippen LogP contribution in [-0.2, 0) is 6.54 Å². The summed E-state index contributed by atoms with van der Waals surface area (Å²) in [6, 6.07) is 6.58. The Kier molecular flexibility index (Phi) is 2.86. The molecule has 1 aromatic carbocycles. The number of aromatic amines is 1. The molecule has 82 valence electrons. The van der Waals surface area contributed by atoms with Gasteiger partial charge in [0.15, 0.2) is 0 Å². The van der Waals surface area contributed by atoms with Crippen LogP contribution in [0.15, 0.2) is 36.7 Å². The van der Waals surface area contributed by atoms with Crippen molar-refractivity contribution in [3.05, 3.63) is 48.0 Å². The molecule has 0 aliphatic heterocycles. The van der Waals surface area contributed by atoms with Gasteiger partial charge in [-0.2, -0.15) is 0 Å². The van der Waals surface area contributed by atoms with Crippen LogP contribution in [0, 0.1) is 0 Å². The van der Waals surface area contributed by atoms with E-state index in [9.17, 15) is 4.79 Å². The quantitative estimate of drug-likeness (QED) is 0.728. The van der Waals surface area contributed by atoms with E-state index in [1.165, 1.54) is 0 Å². The fourth-order valence-corrected chi connectivity index (χ4v) is 1.31. The Labute approximate surface area is 92.2 Å². The number of nitrogens with one attached hydrogen (secondary N) is 2. The minimum Gasteiger partial charge on any atom is -0.478 e. The fraction of sp³-hybridized carbons (Fsp3) is 0.0909. The number of carboxylic acids is 1. The van der Waals surface area contributed by atoms with E-state index in [1.807, 2.05) is 0 Å². The minimum atomic E-state index is -0.919. The molecule has 0 spiro atoms. The summed E-state index contributed by atoms with van der Waals surface area (Å²) >= 11 is 0. The van der Waals surface area contributed by atoms with E-state index in [-0.39, 0.29) is 5.56 Å². The molecule has 0 aliphatic rings. The van der Waals surface area contributed by atoms with Crippen molar-refractivity contribution in [1.82, 2.24) is 9.97 Å². The van der Waals surface area contributed by atoms with Gasteiger partial charge >= 0.3 is 5.97 Å². The third kappa shape index (κ3) is 2.38. The number of benzene rings is 1. The molecule has 3 N–H and O–H groups in total. The Morgan fingerprint density at radius 1 is 1.38 bits per heavy atom. The third-order valence-corrected chi connectivity index (χ3v) is 2.15. The molecule has 0 aliphatic carbocycles. The highest BCUT2D eigenvalue weighted by molar-refractivity contribution is 5.87. The minimum absolute atomic E-state index is 0.281. The Morgan fingerprint density at radius 2 is 2.12 bits per heavy atom. The maximum atomic E-state index is 10.6. The van der Waals surface area contributed by atoms with E-state index < -0.39 is 5.97 Å². The van der Waals surface area contributed by atoms with Gasteiger partial charge in [-0.25, -0.2) is 9.78 Å². The maximum absolute atomic E-state index is 10.6. The number of aromatic nitrogens is 2. The highest BCUT2D eigenvalue weighted by Crippen LogP contribution is 2.10. The number of carboxylic acid groups (broad SMARTS) is 1. The van der Waals surface area contributed by atoms with Crippen molar-refractivity contribution >= 4 is 11.7 Å². The number of hydrogen-bond acceptors (Lipinski definition) is 3.